The fourth-order valence-corrected chi connectivity index (χ4v) is 2.33. The molecule has 0 bridgehead atoms. The lowest BCUT2D eigenvalue weighted by molar-refractivity contribution is 0.151. The van der Waals surface area contributed by atoms with Crippen LogP contribution in [0.4, 0.5) is 5.95 Å². The van der Waals surface area contributed by atoms with Crippen molar-refractivity contribution >= 4 is 11.6 Å². The maximum absolute atomic E-state index is 6.00. The van der Waals surface area contributed by atoms with Gasteiger partial charge in [0.25, 0.3) is 0 Å². The zero-order valence-corrected chi connectivity index (χ0v) is 11.9. The Balaban J connectivity index is 2.14. The highest BCUT2D eigenvalue weighted by molar-refractivity contribution is 5.71. The molecule has 6 heteroatoms. The lowest BCUT2D eigenvalue weighted by atomic mass is 10.0. The molecule has 2 N–H and O–H groups in total. The molecule has 0 unspecified atom stereocenters. The number of fused-ring (bicyclic) bond motifs is 1. The van der Waals surface area contributed by atoms with E-state index < -0.39 is 0 Å². The van der Waals surface area contributed by atoms with Crippen LogP contribution in [0.2, 0.25) is 0 Å². The van der Waals surface area contributed by atoms with E-state index in [4.69, 9.17) is 10.5 Å². The highest BCUT2D eigenvalue weighted by atomic mass is 16.5. The predicted molar refractivity (Wildman–Crippen MR) is 80.8 cm³/mol. The molecule has 108 valence electrons. The number of nitrogens with two attached hydrogens (primary N) is 1. The van der Waals surface area contributed by atoms with E-state index in [0.717, 1.165) is 22.5 Å². The standard InChI is InChI=1S/C15H17N5O/c1-2-21-9-8-12-13(11-6-4-3-5-7-11)18-15(16)20-10-17-19-14(12)20/h3-7,10H,2,8-9H2,1H3,(H2,16,18). The molecule has 0 radical (unpaired) electrons. The van der Waals surface area contributed by atoms with E-state index in [1.54, 1.807) is 10.7 Å². The molecule has 0 aliphatic heterocycles. The van der Waals surface area contributed by atoms with Crippen molar-refractivity contribution in [1.82, 2.24) is 19.6 Å². The van der Waals surface area contributed by atoms with Crippen molar-refractivity contribution in [3.8, 4) is 11.3 Å². The maximum Gasteiger partial charge on any atom is 0.207 e. The van der Waals surface area contributed by atoms with Crippen LogP contribution in [0, 0.1) is 0 Å². The number of anilines is 1. The van der Waals surface area contributed by atoms with Gasteiger partial charge in [-0.3, -0.25) is 4.40 Å². The number of nitrogen functional groups attached to an aromatic ring is 1. The highest BCUT2D eigenvalue weighted by Crippen LogP contribution is 2.26. The molecular formula is C15H17N5O. The Labute approximate surface area is 122 Å². The molecule has 3 rings (SSSR count). The number of ether oxygens (including phenoxy) is 1. The molecule has 2 aromatic heterocycles. The van der Waals surface area contributed by atoms with Crippen LogP contribution < -0.4 is 5.73 Å². The van der Waals surface area contributed by atoms with Crippen molar-refractivity contribution in [1.29, 1.82) is 0 Å². The van der Waals surface area contributed by atoms with Gasteiger partial charge in [-0.25, -0.2) is 4.98 Å². The Hall–Kier alpha value is -2.47. The van der Waals surface area contributed by atoms with Gasteiger partial charge in [0, 0.05) is 24.2 Å². The lowest BCUT2D eigenvalue weighted by Crippen LogP contribution is -2.08. The van der Waals surface area contributed by atoms with Gasteiger partial charge in [0.05, 0.1) is 12.3 Å². The minimum absolute atomic E-state index is 0.383. The second-order valence-corrected chi connectivity index (χ2v) is 4.63. The molecule has 3 aromatic rings. The molecule has 0 spiro atoms. The zero-order chi connectivity index (χ0) is 14.7. The summed E-state index contributed by atoms with van der Waals surface area (Å²) in [5.41, 5.74) is 9.60. The monoisotopic (exact) mass is 283 g/mol. The molecule has 21 heavy (non-hydrogen) atoms. The van der Waals surface area contributed by atoms with Crippen LogP contribution in [0.3, 0.4) is 0 Å². The SMILES string of the molecule is CCOCCc1c(-c2ccccc2)nc(N)n2cnnc12. The van der Waals surface area contributed by atoms with Gasteiger partial charge in [0.15, 0.2) is 5.65 Å². The van der Waals surface area contributed by atoms with Crippen molar-refractivity contribution in [2.24, 2.45) is 0 Å². The fraction of sp³-hybridized carbons (Fsp3) is 0.267. The van der Waals surface area contributed by atoms with Gasteiger partial charge in [-0.1, -0.05) is 30.3 Å². The van der Waals surface area contributed by atoms with Gasteiger partial charge in [-0.05, 0) is 6.92 Å². The van der Waals surface area contributed by atoms with Gasteiger partial charge in [0.1, 0.15) is 6.33 Å². The summed E-state index contributed by atoms with van der Waals surface area (Å²) >= 11 is 0. The number of aromatic nitrogens is 4. The van der Waals surface area contributed by atoms with Crippen LogP contribution in [0.15, 0.2) is 36.7 Å². The van der Waals surface area contributed by atoms with E-state index in [-0.39, 0.29) is 0 Å². The smallest absolute Gasteiger partial charge is 0.207 e. The second kappa shape index (κ2) is 5.88. The average molecular weight is 283 g/mol. The van der Waals surface area contributed by atoms with E-state index in [2.05, 4.69) is 15.2 Å². The molecule has 0 aliphatic carbocycles. The first-order valence-corrected chi connectivity index (χ1v) is 6.92. The zero-order valence-electron chi connectivity index (χ0n) is 11.9. The Morgan fingerprint density at radius 1 is 1.24 bits per heavy atom. The van der Waals surface area contributed by atoms with Gasteiger partial charge in [-0.2, -0.15) is 0 Å². The van der Waals surface area contributed by atoms with Crippen LogP contribution in [0.25, 0.3) is 16.9 Å². The Morgan fingerprint density at radius 3 is 2.81 bits per heavy atom. The molecule has 0 saturated heterocycles. The first-order valence-electron chi connectivity index (χ1n) is 6.92. The van der Waals surface area contributed by atoms with Crippen LogP contribution in [-0.4, -0.2) is 32.8 Å². The third-order valence-electron chi connectivity index (χ3n) is 3.32. The van der Waals surface area contributed by atoms with Crippen molar-refractivity contribution in [2.75, 3.05) is 18.9 Å². The third kappa shape index (κ3) is 2.57. The quantitative estimate of drug-likeness (QED) is 0.724. The third-order valence-corrected chi connectivity index (χ3v) is 3.32. The largest absolute Gasteiger partial charge is 0.381 e. The highest BCUT2D eigenvalue weighted by Gasteiger charge is 2.15. The normalized spacial score (nSPS) is 11.1. The predicted octanol–water partition coefficient (Wildman–Crippen LogP) is 1.95. The molecular weight excluding hydrogens is 266 g/mol. The molecule has 0 fully saturated rings. The minimum Gasteiger partial charge on any atom is -0.381 e. The average Bonchev–Trinajstić information content (AvgIpc) is 3.00. The van der Waals surface area contributed by atoms with Crippen molar-refractivity contribution in [3.63, 3.8) is 0 Å². The van der Waals surface area contributed by atoms with E-state index in [9.17, 15) is 0 Å². The van der Waals surface area contributed by atoms with E-state index in [1.165, 1.54) is 0 Å². The van der Waals surface area contributed by atoms with Crippen molar-refractivity contribution in [3.05, 3.63) is 42.2 Å². The number of rotatable bonds is 5. The molecule has 0 saturated carbocycles. The summed E-state index contributed by atoms with van der Waals surface area (Å²) in [6, 6.07) is 9.96. The van der Waals surface area contributed by atoms with Gasteiger partial charge in [-0.15, -0.1) is 10.2 Å². The number of hydrogen-bond acceptors (Lipinski definition) is 5. The van der Waals surface area contributed by atoms with Gasteiger partial charge in [0.2, 0.25) is 5.95 Å². The van der Waals surface area contributed by atoms with E-state index in [0.29, 0.717) is 25.6 Å². The molecule has 1 aromatic carbocycles. The first kappa shape index (κ1) is 13.5. The van der Waals surface area contributed by atoms with Gasteiger partial charge < -0.3 is 10.5 Å². The molecule has 0 atom stereocenters. The molecule has 2 heterocycles. The van der Waals surface area contributed by atoms with Crippen molar-refractivity contribution < 1.29 is 4.74 Å². The van der Waals surface area contributed by atoms with E-state index in [1.807, 2.05) is 37.3 Å². The second-order valence-electron chi connectivity index (χ2n) is 4.63. The Kier molecular flexibility index (Phi) is 3.79. The van der Waals surface area contributed by atoms with Crippen molar-refractivity contribution in [2.45, 2.75) is 13.3 Å². The number of hydrogen-bond donors (Lipinski definition) is 1. The van der Waals surface area contributed by atoms with Crippen LogP contribution in [-0.2, 0) is 11.2 Å². The first-order chi connectivity index (χ1) is 10.3. The summed E-state index contributed by atoms with van der Waals surface area (Å²) in [6.45, 7) is 3.28. The van der Waals surface area contributed by atoms with Gasteiger partial charge >= 0.3 is 0 Å². The summed E-state index contributed by atoms with van der Waals surface area (Å²) in [5.74, 6) is 0.383. The van der Waals surface area contributed by atoms with Crippen LogP contribution in [0.1, 0.15) is 12.5 Å². The van der Waals surface area contributed by atoms with Crippen LogP contribution in [0.5, 0.6) is 0 Å². The van der Waals surface area contributed by atoms with Crippen LogP contribution >= 0.6 is 0 Å². The lowest BCUT2D eigenvalue weighted by Gasteiger charge is -2.11. The topological polar surface area (TPSA) is 78.3 Å². The Morgan fingerprint density at radius 2 is 2.05 bits per heavy atom. The van der Waals surface area contributed by atoms with E-state index >= 15 is 0 Å². The summed E-state index contributed by atoms with van der Waals surface area (Å²) in [6.07, 6.45) is 2.30. The summed E-state index contributed by atoms with van der Waals surface area (Å²) in [4.78, 5) is 4.53. The maximum atomic E-state index is 6.00. The summed E-state index contributed by atoms with van der Waals surface area (Å²) in [7, 11) is 0. The minimum atomic E-state index is 0.383. The molecule has 0 aliphatic rings. The molecule has 6 nitrogen and oxygen atoms in total. The Bertz CT molecular complexity index is 738. The summed E-state index contributed by atoms with van der Waals surface area (Å²) in [5, 5.41) is 8.12. The summed E-state index contributed by atoms with van der Waals surface area (Å²) < 4.78 is 7.17. The number of benzene rings is 1. The fourth-order valence-electron chi connectivity index (χ4n) is 2.33. The number of nitrogens with zero attached hydrogens (tertiary/aromatic N) is 4. The molecule has 0 amide bonds.